The van der Waals surface area contributed by atoms with Crippen molar-refractivity contribution in [2.75, 3.05) is 11.9 Å². The maximum atomic E-state index is 6.80. The molecule has 130 valence electrons. The fourth-order valence-corrected chi connectivity index (χ4v) is 4.73. The number of ether oxygens (including phenoxy) is 1. The van der Waals surface area contributed by atoms with Crippen LogP contribution in [0, 0.1) is 0 Å². The molecule has 3 heterocycles. The molecule has 1 spiro atoms. The number of aromatic nitrogens is 1. The molecule has 0 aliphatic carbocycles. The zero-order valence-corrected chi connectivity index (χ0v) is 16.5. The molecule has 0 saturated carbocycles. The van der Waals surface area contributed by atoms with E-state index in [2.05, 4.69) is 95.3 Å². The van der Waals surface area contributed by atoms with Crippen LogP contribution in [-0.2, 0) is 5.41 Å². The van der Waals surface area contributed by atoms with Crippen LogP contribution in [0.5, 0.6) is 5.75 Å². The number of anilines is 1. The molecule has 26 heavy (non-hydrogen) atoms. The molecule has 0 bridgehead atoms. The third-order valence-corrected chi connectivity index (χ3v) is 6.39. The Labute approximate surface area is 161 Å². The monoisotopic (exact) mass is 406 g/mol. The fraction of sp³-hybridized carbons (Fsp3) is 0.227. The van der Waals surface area contributed by atoms with Gasteiger partial charge in [0, 0.05) is 34.4 Å². The van der Waals surface area contributed by atoms with E-state index in [9.17, 15) is 0 Å². The standard InChI is InChI=1S/C22H19BrN2O/c1-21(2)17-9-8-16(23)13-18(17)25(3)22(21)11-10-15-7-6-14-5-4-12-24-19(14)20(15)26-22/h4-13H,1-3H3. The minimum absolute atomic E-state index is 0.219. The van der Waals surface area contributed by atoms with Crippen LogP contribution in [0.15, 0.2) is 59.2 Å². The summed E-state index contributed by atoms with van der Waals surface area (Å²) in [4.78, 5) is 6.84. The van der Waals surface area contributed by atoms with Crippen molar-refractivity contribution in [2.45, 2.75) is 25.0 Å². The number of pyridine rings is 1. The molecule has 1 aromatic heterocycles. The number of hydrogen-bond donors (Lipinski definition) is 0. The number of likely N-dealkylation sites (N-methyl/N-ethyl adjacent to an activating group) is 1. The maximum absolute atomic E-state index is 6.80. The molecule has 5 rings (SSSR count). The van der Waals surface area contributed by atoms with Crippen molar-refractivity contribution >= 4 is 38.6 Å². The van der Waals surface area contributed by atoms with Gasteiger partial charge >= 0.3 is 0 Å². The molecule has 2 aliphatic rings. The van der Waals surface area contributed by atoms with Gasteiger partial charge in [-0.2, -0.15) is 0 Å². The Bertz CT molecular complexity index is 1090. The second kappa shape index (κ2) is 5.10. The van der Waals surface area contributed by atoms with Gasteiger partial charge in [0.2, 0.25) is 5.72 Å². The highest BCUT2D eigenvalue weighted by atomic mass is 79.9. The molecule has 1 atom stereocenters. The van der Waals surface area contributed by atoms with Gasteiger partial charge in [-0.15, -0.1) is 0 Å². The minimum Gasteiger partial charge on any atom is -0.460 e. The first-order valence-corrected chi connectivity index (χ1v) is 9.53. The van der Waals surface area contributed by atoms with Crippen molar-refractivity contribution in [3.63, 3.8) is 0 Å². The highest BCUT2D eigenvalue weighted by Gasteiger charge is 2.57. The molecule has 4 heteroatoms. The molecular formula is C22H19BrN2O. The van der Waals surface area contributed by atoms with Crippen LogP contribution in [0.4, 0.5) is 5.69 Å². The van der Waals surface area contributed by atoms with Gasteiger partial charge in [-0.25, -0.2) is 0 Å². The average Bonchev–Trinajstić information content (AvgIpc) is 2.80. The topological polar surface area (TPSA) is 25.4 Å². The Morgan fingerprint density at radius 3 is 2.81 bits per heavy atom. The zero-order valence-electron chi connectivity index (χ0n) is 15.0. The molecule has 0 N–H and O–H groups in total. The van der Waals surface area contributed by atoms with Gasteiger partial charge in [0.15, 0.2) is 5.75 Å². The van der Waals surface area contributed by atoms with Crippen LogP contribution < -0.4 is 9.64 Å². The van der Waals surface area contributed by atoms with Crippen molar-refractivity contribution in [1.82, 2.24) is 4.98 Å². The maximum Gasteiger partial charge on any atom is 0.211 e. The molecule has 3 nitrogen and oxygen atoms in total. The van der Waals surface area contributed by atoms with Gasteiger partial charge in [-0.1, -0.05) is 40.2 Å². The lowest BCUT2D eigenvalue weighted by Crippen LogP contribution is -2.58. The summed E-state index contributed by atoms with van der Waals surface area (Å²) in [6, 6.07) is 14.7. The smallest absolute Gasteiger partial charge is 0.211 e. The van der Waals surface area contributed by atoms with Crippen molar-refractivity contribution in [1.29, 1.82) is 0 Å². The Kier molecular flexibility index (Phi) is 3.12. The second-order valence-corrected chi connectivity index (χ2v) is 8.45. The number of hydrogen-bond acceptors (Lipinski definition) is 3. The molecule has 0 amide bonds. The number of nitrogens with zero attached hydrogens (tertiary/aromatic N) is 2. The van der Waals surface area contributed by atoms with Crippen molar-refractivity contribution in [2.24, 2.45) is 0 Å². The van der Waals surface area contributed by atoms with Crippen LogP contribution >= 0.6 is 15.9 Å². The minimum atomic E-state index is -0.588. The van der Waals surface area contributed by atoms with E-state index in [1.807, 2.05) is 12.3 Å². The summed E-state index contributed by atoms with van der Waals surface area (Å²) >= 11 is 3.61. The highest BCUT2D eigenvalue weighted by molar-refractivity contribution is 9.10. The van der Waals surface area contributed by atoms with E-state index >= 15 is 0 Å². The largest absolute Gasteiger partial charge is 0.460 e. The van der Waals surface area contributed by atoms with Crippen LogP contribution in [-0.4, -0.2) is 17.8 Å². The molecule has 3 aromatic rings. The van der Waals surface area contributed by atoms with E-state index in [1.165, 1.54) is 11.3 Å². The zero-order chi connectivity index (χ0) is 18.1. The molecule has 0 radical (unpaired) electrons. The van der Waals surface area contributed by atoms with E-state index in [0.29, 0.717) is 0 Å². The van der Waals surface area contributed by atoms with E-state index in [4.69, 9.17) is 4.74 Å². The summed E-state index contributed by atoms with van der Waals surface area (Å²) in [6.45, 7) is 4.49. The van der Waals surface area contributed by atoms with Crippen LogP contribution in [0.2, 0.25) is 0 Å². The van der Waals surface area contributed by atoms with E-state index < -0.39 is 5.72 Å². The predicted octanol–water partition coefficient (Wildman–Crippen LogP) is 5.53. The average molecular weight is 407 g/mol. The number of benzene rings is 2. The molecular weight excluding hydrogens is 388 g/mol. The highest BCUT2D eigenvalue weighted by Crippen LogP contribution is 2.55. The van der Waals surface area contributed by atoms with Gasteiger partial charge in [-0.3, -0.25) is 4.98 Å². The van der Waals surface area contributed by atoms with Gasteiger partial charge in [0.1, 0.15) is 5.52 Å². The summed E-state index contributed by atoms with van der Waals surface area (Å²) in [7, 11) is 2.11. The van der Waals surface area contributed by atoms with E-state index in [-0.39, 0.29) is 5.41 Å². The van der Waals surface area contributed by atoms with Crippen LogP contribution in [0.3, 0.4) is 0 Å². The Hall–Kier alpha value is -2.33. The normalized spacial score (nSPS) is 22.4. The van der Waals surface area contributed by atoms with Crippen molar-refractivity contribution < 1.29 is 4.74 Å². The lowest BCUT2D eigenvalue weighted by Gasteiger charge is -2.45. The number of fused-ring (bicyclic) bond motifs is 4. The fourth-order valence-electron chi connectivity index (χ4n) is 4.38. The lowest BCUT2D eigenvalue weighted by atomic mass is 9.76. The number of halogens is 1. The first-order valence-electron chi connectivity index (χ1n) is 8.74. The Balaban J connectivity index is 1.74. The van der Waals surface area contributed by atoms with Gasteiger partial charge in [-0.05, 0) is 49.8 Å². The molecule has 2 aliphatic heterocycles. The molecule has 1 unspecified atom stereocenters. The van der Waals surface area contributed by atoms with Gasteiger partial charge < -0.3 is 9.64 Å². The summed E-state index contributed by atoms with van der Waals surface area (Å²) in [5, 5.41) is 1.09. The third-order valence-electron chi connectivity index (χ3n) is 5.89. The van der Waals surface area contributed by atoms with Crippen LogP contribution in [0.1, 0.15) is 25.0 Å². The van der Waals surface area contributed by atoms with E-state index in [1.54, 1.807) is 0 Å². The summed E-state index contributed by atoms with van der Waals surface area (Å²) in [5.74, 6) is 0.859. The SMILES string of the molecule is CN1c2cc(Br)ccc2C(C)(C)C12C=Cc1ccc3cccnc3c1O2. The third kappa shape index (κ3) is 1.85. The first-order chi connectivity index (χ1) is 12.4. The molecule has 0 saturated heterocycles. The second-order valence-electron chi connectivity index (χ2n) is 7.54. The van der Waals surface area contributed by atoms with Gasteiger partial charge in [0.05, 0.1) is 5.41 Å². The van der Waals surface area contributed by atoms with Crippen molar-refractivity contribution in [3.8, 4) is 5.75 Å². The number of rotatable bonds is 0. The summed E-state index contributed by atoms with van der Waals surface area (Å²) in [6.07, 6.45) is 6.19. The predicted molar refractivity (Wildman–Crippen MR) is 110 cm³/mol. The summed E-state index contributed by atoms with van der Waals surface area (Å²) in [5.41, 5.74) is 3.64. The lowest BCUT2D eigenvalue weighted by molar-refractivity contribution is 0.0596. The van der Waals surface area contributed by atoms with Gasteiger partial charge in [0.25, 0.3) is 0 Å². The van der Waals surface area contributed by atoms with Crippen molar-refractivity contribution in [3.05, 3.63) is 70.3 Å². The molecule has 0 fully saturated rings. The Morgan fingerprint density at radius 1 is 1.12 bits per heavy atom. The van der Waals surface area contributed by atoms with E-state index in [0.717, 1.165) is 26.7 Å². The van der Waals surface area contributed by atoms with Crippen LogP contribution in [0.25, 0.3) is 17.0 Å². The first kappa shape index (κ1) is 15.9. The quantitative estimate of drug-likeness (QED) is 0.490. The summed E-state index contributed by atoms with van der Waals surface area (Å²) < 4.78 is 7.88. The molecule has 2 aromatic carbocycles. The Morgan fingerprint density at radius 2 is 1.96 bits per heavy atom.